The molecule has 1 heterocycles. The van der Waals surface area contributed by atoms with Crippen LogP contribution in [0.1, 0.15) is 11.1 Å². The number of ether oxygens (including phenoxy) is 3. The summed E-state index contributed by atoms with van der Waals surface area (Å²) in [5, 5.41) is 0.999. The first-order valence-corrected chi connectivity index (χ1v) is 10.0. The average molecular weight is 516 g/mol. The number of carbonyl (C=O) groups excluding carboxylic acids is 1. The van der Waals surface area contributed by atoms with Crippen LogP contribution in [-0.4, -0.2) is 31.5 Å². The van der Waals surface area contributed by atoms with Crippen molar-refractivity contribution < 1.29 is 19.0 Å². The second kappa shape index (κ2) is 8.53. The lowest BCUT2D eigenvalue weighted by Gasteiger charge is -2.12. The van der Waals surface area contributed by atoms with Crippen molar-refractivity contribution in [1.29, 1.82) is 0 Å². The van der Waals surface area contributed by atoms with Crippen LogP contribution in [0.3, 0.4) is 0 Å². The molecule has 0 spiro atoms. The highest BCUT2D eigenvalue weighted by molar-refractivity contribution is 14.1. The Hall–Kier alpha value is -1.71. The molecule has 0 bridgehead atoms. The molecule has 0 fully saturated rings. The zero-order valence-electron chi connectivity index (χ0n) is 14.7. The normalized spacial score (nSPS) is 15.1. The van der Waals surface area contributed by atoms with E-state index in [0.29, 0.717) is 38.6 Å². The Bertz CT molecular complexity index is 949. The second-order valence-electron chi connectivity index (χ2n) is 5.42. The molecule has 1 aliphatic heterocycles. The number of hydrogen-bond acceptors (Lipinski definition) is 6. The largest absolute Gasteiger partial charge is 0.493 e. The highest BCUT2D eigenvalue weighted by atomic mass is 127. The Morgan fingerprint density at radius 1 is 1.07 bits per heavy atom. The van der Waals surface area contributed by atoms with E-state index in [0.717, 1.165) is 20.9 Å². The van der Waals surface area contributed by atoms with Gasteiger partial charge in [0.05, 0.1) is 26.4 Å². The third-order valence-corrected chi connectivity index (χ3v) is 5.67. The summed E-state index contributed by atoms with van der Waals surface area (Å²) in [7, 11) is 4.62. The van der Waals surface area contributed by atoms with E-state index in [9.17, 15) is 4.79 Å². The van der Waals surface area contributed by atoms with Gasteiger partial charge >= 0.3 is 0 Å². The van der Waals surface area contributed by atoms with Gasteiger partial charge < -0.3 is 14.2 Å². The van der Waals surface area contributed by atoms with E-state index in [1.165, 1.54) is 7.11 Å². The van der Waals surface area contributed by atoms with Crippen molar-refractivity contribution in [1.82, 2.24) is 0 Å². The first-order valence-electron chi connectivity index (χ1n) is 7.74. The zero-order valence-corrected chi connectivity index (χ0v) is 18.4. The number of hydrogen-bond donors (Lipinski definition) is 0. The molecule has 0 N–H and O–H groups in total. The summed E-state index contributed by atoms with van der Waals surface area (Å²) in [6.07, 6.45) is 1.69. The van der Waals surface area contributed by atoms with E-state index >= 15 is 0 Å². The van der Waals surface area contributed by atoms with Crippen LogP contribution in [0.15, 0.2) is 41.0 Å². The summed E-state index contributed by atoms with van der Waals surface area (Å²) in [6, 6.07) is 9.13. The molecular formula is C19H15ClINO4S. The molecule has 27 heavy (non-hydrogen) atoms. The van der Waals surface area contributed by atoms with Gasteiger partial charge in [-0.2, -0.15) is 0 Å². The minimum absolute atomic E-state index is 0.145. The van der Waals surface area contributed by atoms with E-state index in [2.05, 4.69) is 27.6 Å². The Balaban J connectivity index is 2.03. The first-order chi connectivity index (χ1) is 13.0. The van der Waals surface area contributed by atoms with Crippen LogP contribution in [0, 0.1) is 3.57 Å². The van der Waals surface area contributed by atoms with Crippen LogP contribution in [0.25, 0.3) is 6.08 Å². The standard InChI is InChI=1S/C19H15ClINO4S/c1-24-15-7-10(8-16(25-2)17(15)26-3)6-14-19(23)27-18(22-14)12-9-11(21)4-5-13(12)20/h4-9H,1-3H3/b14-6+. The number of halogens is 2. The van der Waals surface area contributed by atoms with Crippen molar-refractivity contribution in [2.75, 3.05) is 21.3 Å². The predicted octanol–water partition coefficient (Wildman–Crippen LogP) is 5.03. The van der Waals surface area contributed by atoms with Crippen LogP contribution in [0.2, 0.25) is 5.02 Å². The molecule has 2 aromatic rings. The van der Waals surface area contributed by atoms with Crippen molar-refractivity contribution in [3.63, 3.8) is 0 Å². The predicted molar refractivity (Wildman–Crippen MR) is 117 cm³/mol. The molecule has 0 saturated carbocycles. The zero-order chi connectivity index (χ0) is 19.6. The minimum Gasteiger partial charge on any atom is -0.493 e. The minimum atomic E-state index is -0.145. The summed E-state index contributed by atoms with van der Waals surface area (Å²) in [5.41, 5.74) is 1.79. The smallest absolute Gasteiger partial charge is 0.244 e. The van der Waals surface area contributed by atoms with Gasteiger partial charge in [0.15, 0.2) is 11.5 Å². The van der Waals surface area contributed by atoms with E-state index in [-0.39, 0.29) is 5.12 Å². The average Bonchev–Trinajstić information content (AvgIpc) is 3.02. The maximum atomic E-state index is 12.4. The van der Waals surface area contributed by atoms with Crippen molar-refractivity contribution >= 4 is 62.2 Å². The maximum Gasteiger partial charge on any atom is 0.244 e. The Morgan fingerprint density at radius 3 is 2.33 bits per heavy atom. The molecule has 140 valence electrons. The molecule has 2 aromatic carbocycles. The Kier molecular flexibility index (Phi) is 6.33. The topological polar surface area (TPSA) is 57.1 Å². The molecule has 0 aromatic heterocycles. The third-order valence-electron chi connectivity index (χ3n) is 3.77. The lowest BCUT2D eigenvalue weighted by molar-refractivity contribution is -0.107. The van der Waals surface area contributed by atoms with E-state index < -0.39 is 0 Å². The molecule has 0 radical (unpaired) electrons. The highest BCUT2D eigenvalue weighted by Crippen LogP contribution is 2.39. The summed E-state index contributed by atoms with van der Waals surface area (Å²) < 4.78 is 17.0. The fraction of sp³-hybridized carbons (Fsp3) is 0.158. The van der Waals surface area contributed by atoms with Gasteiger partial charge in [0, 0.05) is 9.13 Å². The second-order valence-corrected chi connectivity index (χ2v) is 8.03. The van der Waals surface area contributed by atoms with Gasteiger partial charge in [-0.05, 0) is 76.3 Å². The summed E-state index contributed by atoms with van der Waals surface area (Å²) >= 11 is 9.53. The van der Waals surface area contributed by atoms with Gasteiger partial charge in [-0.15, -0.1) is 0 Å². The van der Waals surface area contributed by atoms with Gasteiger partial charge in [0.2, 0.25) is 10.9 Å². The van der Waals surface area contributed by atoms with E-state index in [1.54, 1.807) is 38.5 Å². The quantitative estimate of drug-likeness (QED) is 0.413. The van der Waals surface area contributed by atoms with Crippen molar-refractivity contribution in [2.24, 2.45) is 4.99 Å². The summed E-state index contributed by atoms with van der Waals surface area (Å²) in [6.45, 7) is 0. The monoisotopic (exact) mass is 515 g/mol. The van der Waals surface area contributed by atoms with Crippen LogP contribution in [-0.2, 0) is 4.79 Å². The third kappa shape index (κ3) is 4.25. The molecule has 8 heteroatoms. The van der Waals surface area contributed by atoms with E-state index in [1.807, 2.05) is 12.1 Å². The molecule has 1 aliphatic rings. The SMILES string of the molecule is COc1cc(/C=C2/N=C(c3cc(I)ccc3Cl)SC2=O)cc(OC)c1OC. The summed E-state index contributed by atoms with van der Waals surface area (Å²) in [5.74, 6) is 1.50. The van der Waals surface area contributed by atoms with Gasteiger partial charge in [-0.3, -0.25) is 4.79 Å². The van der Waals surface area contributed by atoms with Gasteiger partial charge in [-0.1, -0.05) is 11.6 Å². The van der Waals surface area contributed by atoms with E-state index in [4.69, 9.17) is 25.8 Å². The Labute approximate surface area is 179 Å². The number of aliphatic imine (C=N–C) groups is 1. The molecule has 3 rings (SSSR count). The van der Waals surface area contributed by atoms with Crippen LogP contribution >= 0.6 is 46.0 Å². The summed E-state index contributed by atoms with van der Waals surface area (Å²) in [4.78, 5) is 16.9. The lowest BCUT2D eigenvalue weighted by atomic mass is 10.1. The van der Waals surface area contributed by atoms with Gasteiger partial charge in [0.1, 0.15) is 10.7 Å². The molecule has 0 atom stereocenters. The van der Waals surface area contributed by atoms with Crippen LogP contribution in [0.4, 0.5) is 0 Å². The number of carbonyl (C=O) groups is 1. The first kappa shape index (κ1) is 20.0. The fourth-order valence-electron chi connectivity index (χ4n) is 2.53. The van der Waals surface area contributed by atoms with Gasteiger partial charge in [0.25, 0.3) is 0 Å². The van der Waals surface area contributed by atoms with Crippen LogP contribution < -0.4 is 14.2 Å². The maximum absolute atomic E-state index is 12.4. The number of thioether (sulfide) groups is 1. The lowest BCUT2D eigenvalue weighted by Crippen LogP contribution is -1.96. The molecular weight excluding hydrogens is 501 g/mol. The number of nitrogens with zero attached hydrogens (tertiary/aromatic N) is 1. The number of methoxy groups -OCH3 is 3. The van der Waals surface area contributed by atoms with Crippen molar-refractivity contribution in [3.8, 4) is 17.2 Å². The van der Waals surface area contributed by atoms with Crippen molar-refractivity contribution in [2.45, 2.75) is 0 Å². The molecule has 0 unspecified atom stereocenters. The highest BCUT2D eigenvalue weighted by Gasteiger charge is 2.25. The molecule has 0 saturated heterocycles. The number of benzene rings is 2. The molecule has 5 nitrogen and oxygen atoms in total. The Morgan fingerprint density at radius 2 is 1.74 bits per heavy atom. The fourth-order valence-corrected chi connectivity index (χ4v) is 4.09. The van der Waals surface area contributed by atoms with Crippen LogP contribution in [0.5, 0.6) is 17.2 Å². The molecule has 0 amide bonds. The molecule has 0 aliphatic carbocycles. The van der Waals surface area contributed by atoms with Crippen molar-refractivity contribution in [3.05, 3.63) is 55.7 Å². The number of rotatable bonds is 5. The van der Waals surface area contributed by atoms with Gasteiger partial charge in [-0.25, -0.2) is 4.99 Å².